The van der Waals surface area contributed by atoms with Crippen molar-refractivity contribution < 1.29 is 58.8 Å². The Morgan fingerprint density at radius 1 is 1.15 bits per heavy atom. The smallest absolute Gasteiger partial charge is 0.350 e. The zero-order chi connectivity index (χ0) is 38.3. The Morgan fingerprint density at radius 3 is 2.50 bits per heavy atom. The molecule has 3 amide bonds. The number of thioether (sulfide) groups is 1. The Bertz CT molecular complexity index is 1950. The molecule has 5 rings (SSSR count). The molecule has 3 aliphatic rings. The minimum atomic E-state index is -1.92. The lowest BCUT2D eigenvalue weighted by atomic mass is 9.90. The maximum absolute atomic E-state index is 13.5. The van der Waals surface area contributed by atoms with Crippen LogP contribution in [0.25, 0.3) is 0 Å². The number of hydrazone groups is 1. The summed E-state index contributed by atoms with van der Waals surface area (Å²) in [5.41, 5.74) is 3.20. The van der Waals surface area contributed by atoms with Crippen molar-refractivity contribution in [3.63, 3.8) is 0 Å². The van der Waals surface area contributed by atoms with Crippen LogP contribution in [0.3, 0.4) is 0 Å². The van der Waals surface area contributed by atoms with Crippen LogP contribution in [0, 0.1) is 5.92 Å². The highest BCUT2D eigenvalue weighted by Crippen LogP contribution is 2.53. The number of aromatic nitrogens is 1. The van der Waals surface area contributed by atoms with Crippen LogP contribution in [0.5, 0.6) is 11.5 Å². The van der Waals surface area contributed by atoms with E-state index < -0.39 is 85.9 Å². The fraction of sp³-hybridized carbons (Fsp3) is 0.400. The quantitative estimate of drug-likeness (QED) is 0.0429. The van der Waals surface area contributed by atoms with Gasteiger partial charge in [0.1, 0.15) is 5.69 Å². The first-order chi connectivity index (χ1) is 24.4. The van der Waals surface area contributed by atoms with E-state index in [1.54, 1.807) is 0 Å². The van der Waals surface area contributed by atoms with Crippen LogP contribution >= 0.6 is 34.7 Å². The molecule has 1 aromatic heterocycles. The maximum Gasteiger partial charge on any atom is 0.350 e. The number of benzene rings is 1. The molecule has 2 aromatic rings. The summed E-state index contributed by atoms with van der Waals surface area (Å²) in [6.45, 7) is 1.92. The summed E-state index contributed by atoms with van der Waals surface area (Å²) in [4.78, 5) is 98.7. The topological polar surface area (TPSA) is 283 Å². The largest absolute Gasteiger partial charge is 0.504 e. The number of ketones is 3. The number of nitrogens with zero attached hydrogens (tertiary/aromatic N) is 6. The summed E-state index contributed by atoms with van der Waals surface area (Å²) in [6, 6.07) is 1.30. The number of carbonyl (C=O) groups is 7. The predicted molar refractivity (Wildman–Crippen MR) is 183 cm³/mol. The number of hydrogen-bond donors (Lipinski definition) is 5. The van der Waals surface area contributed by atoms with Crippen LogP contribution in [-0.2, 0) is 28.8 Å². The second-order valence-electron chi connectivity index (χ2n) is 12.2. The number of anilines is 1. The number of halogens is 1. The van der Waals surface area contributed by atoms with Gasteiger partial charge in [-0.05, 0) is 32.4 Å². The highest BCUT2D eigenvalue weighted by molar-refractivity contribution is 8.02. The van der Waals surface area contributed by atoms with E-state index in [1.165, 1.54) is 30.3 Å². The number of Topliss-reactive ketones (excluding diaryl/α,β-unsaturated/α-hetero) is 3. The van der Waals surface area contributed by atoms with E-state index in [-0.39, 0.29) is 54.6 Å². The average Bonchev–Trinajstić information content (AvgIpc) is 3.80. The molecule has 6 N–H and O–H groups in total. The van der Waals surface area contributed by atoms with E-state index in [0.717, 1.165) is 45.1 Å². The number of hydrogen-bond acceptors (Lipinski definition) is 16. The molecule has 0 radical (unpaired) electrons. The predicted octanol–water partition coefficient (Wildman–Crippen LogP) is 1.60. The van der Waals surface area contributed by atoms with E-state index in [1.807, 2.05) is 0 Å². The molecule has 3 fully saturated rings. The molecule has 0 bridgehead atoms. The minimum Gasteiger partial charge on any atom is -0.504 e. The highest BCUT2D eigenvalue weighted by Gasteiger charge is 2.66. The molecule has 19 nitrogen and oxygen atoms in total. The van der Waals surface area contributed by atoms with Crippen LogP contribution in [0.1, 0.15) is 49.2 Å². The molecule has 3 atom stereocenters. The number of β-lactam (4-membered cyclic amide) rings is 1. The lowest BCUT2D eigenvalue weighted by Gasteiger charge is -2.40. The number of urea groups is 1. The van der Waals surface area contributed by atoms with Gasteiger partial charge in [0.15, 0.2) is 28.1 Å². The van der Waals surface area contributed by atoms with Gasteiger partial charge in [0.2, 0.25) is 27.9 Å². The Morgan fingerprint density at radius 2 is 1.87 bits per heavy atom. The van der Waals surface area contributed by atoms with Crippen LogP contribution < -0.4 is 5.73 Å². The fourth-order valence-electron chi connectivity index (χ4n) is 5.39. The summed E-state index contributed by atoms with van der Waals surface area (Å²) >= 11 is 7.66. The van der Waals surface area contributed by atoms with Crippen LogP contribution in [0.2, 0.25) is 5.02 Å². The van der Waals surface area contributed by atoms with E-state index in [0.29, 0.717) is 0 Å². The Hall–Kier alpha value is -5.28. The average molecular weight is 780 g/mol. The molecule has 0 saturated carbocycles. The number of nitrogens with two attached hydrogens (primary N) is 1. The molecule has 0 aliphatic carbocycles. The number of thiazole rings is 1. The third kappa shape index (κ3) is 6.97. The van der Waals surface area contributed by atoms with Gasteiger partial charge in [-0.3, -0.25) is 24.1 Å². The highest BCUT2D eigenvalue weighted by atomic mass is 35.5. The summed E-state index contributed by atoms with van der Waals surface area (Å²) in [5, 5.41) is 47.9. The molecule has 3 saturated heterocycles. The van der Waals surface area contributed by atoms with Crippen molar-refractivity contribution in [3.05, 3.63) is 33.8 Å². The van der Waals surface area contributed by atoms with Gasteiger partial charge < -0.3 is 35.9 Å². The number of aliphatic carboxylic acids is 2. The molecule has 0 unspecified atom stereocenters. The molecule has 52 heavy (non-hydrogen) atoms. The summed E-state index contributed by atoms with van der Waals surface area (Å²) in [5.74, 6) is -8.26. The number of phenolic OH excluding ortho intramolecular Hbond substituents is 2. The number of nitrogen functional groups attached to an aromatic ring is 1. The summed E-state index contributed by atoms with van der Waals surface area (Å²) in [7, 11) is 0. The molecule has 0 spiro atoms. The third-order valence-corrected chi connectivity index (χ3v) is 11.1. The van der Waals surface area contributed by atoms with Gasteiger partial charge in [0.25, 0.3) is 0 Å². The van der Waals surface area contributed by atoms with Gasteiger partial charge in [-0.15, -0.1) is 11.3 Å². The monoisotopic (exact) mass is 779 g/mol. The third-order valence-electron chi connectivity index (χ3n) is 8.34. The van der Waals surface area contributed by atoms with Crippen molar-refractivity contribution in [2.24, 2.45) is 16.2 Å². The number of carboxylic acids is 2. The van der Waals surface area contributed by atoms with Gasteiger partial charge in [-0.2, -0.15) is 5.10 Å². The summed E-state index contributed by atoms with van der Waals surface area (Å²) in [6.07, 6.45) is 0.312. The van der Waals surface area contributed by atoms with Crippen molar-refractivity contribution >= 4 is 93.0 Å². The molecule has 1 aromatic carbocycles. The van der Waals surface area contributed by atoms with Crippen molar-refractivity contribution in [2.75, 3.05) is 25.4 Å². The number of fused-ring (bicyclic) bond motifs is 1. The lowest BCUT2D eigenvalue weighted by Crippen LogP contribution is -2.59. The number of aromatic hydroxyl groups is 2. The normalized spacial score (nSPS) is 21.8. The molecule has 3 aliphatic heterocycles. The lowest BCUT2D eigenvalue weighted by molar-refractivity contribution is -0.161. The zero-order valence-corrected chi connectivity index (χ0v) is 29.6. The van der Waals surface area contributed by atoms with Gasteiger partial charge in [0.05, 0.1) is 29.4 Å². The van der Waals surface area contributed by atoms with Gasteiger partial charge in [-0.1, -0.05) is 28.5 Å². The molecule has 276 valence electrons. The van der Waals surface area contributed by atoms with Gasteiger partial charge in [0, 0.05) is 36.5 Å². The van der Waals surface area contributed by atoms with E-state index in [9.17, 15) is 54.0 Å². The Balaban J connectivity index is 1.23. The SMILES string of the molecule is CC(C)(O/N=C(\C(=O)C[C@@H]1C(=O)N2C[C@@](C(=O)O)(N3CCN(/N=C/CCC(=O)C(=O)c4ccc(O)c(O)c4Cl)C3=O)S[C@H]12)c1csc(N)n1)C(=O)O. The number of oxime groups is 1. The number of carboxylic acid groups (broad SMARTS) is 2. The fourth-order valence-corrected chi connectivity index (χ4v) is 7.88. The van der Waals surface area contributed by atoms with Crippen molar-refractivity contribution in [2.45, 2.75) is 49.0 Å². The Kier molecular flexibility index (Phi) is 10.5. The van der Waals surface area contributed by atoms with Crippen molar-refractivity contribution in [1.82, 2.24) is 19.8 Å². The molecule has 4 heterocycles. The summed E-state index contributed by atoms with van der Waals surface area (Å²) < 4.78 is 0. The standard InChI is InChI=1S/C30H30ClN7O12S2/c1-29(2,25(45)46)50-35-20(15-11-51-27(32)34-15)18(41)10-14-23(44)36-12-30(26(47)48,52-24(14)36)37-8-9-38(28(37)49)33-7-3-4-16(39)21(42)13-5-6-17(40)22(43)19(13)31/h5-7,11,14,24,40,43H,3-4,8-10,12H2,1-2H3,(H2,32,34)(H,45,46)(H,47,48)/b33-7+,35-20-/t14-,24-,30-/m1/s1. The van der Waals surface area contributed by atoms with Crippen LogP contribution in [0.4, 0.5) is 9.93 Å². The molecule has 22 heteroatoms. The first-order valence-electron chi connectivity index (χ1n) is 15.2. The van der Waals surface area contributed by atoms with Crippen LogP contribution in [-0.4, -0.2) is 129 Å². The zero-order valence-electron chi connectivity index (χ0n) is 27.2. The molecular weight excluding hydrogens is 750 g/mol. The number of rotatable bonds is 15. The maximum atomic E-state index is 13.5. The van der Waals surface area contributed by atoms with Crippen molar-refractivity contribution in [1.29, 1.82) is 0 Å². The number of phenols is 2. The minimum absolute atomic E-state index is 0.00224. The van der Waals surface area contributed by atoms with E-state index in [2.05, 4.69) is 15.2 Å². The Labute approximate surface area is 306 Å². The van der Waals surface area contributed by atoms with Gasteiger partial charge >= 0.3 is 18.0 Å². The first kappa shape index (κ1) is 38.0. The second kappa shape index (κ2) is 14.4. The van der Waals surface area contributed by atoms with E-state index >= 15 is 0 Å². The number of carbonyl (C=O) groups excluding carboxylic acids is 5. The van der Waals surface area contributed by atoms with E-state index in [4.69, 9.17) is 22.2 Å². The first-order valence-corrected chi connectivity index (χ1v) is 17.4. The van der Waals surface area contributed by atoms with Crippen LogP contribution in [0.15, 0.2) is 27.8 Å². The van der Waals surface area contributed by atoms with Gasteiger partial charge in [-0.25, -0.2) is 24.4 Å². The molecular formula is C30H30ClN7O12S2. The van der Waals surface area contributed by atoms with Crippen molar-refractivity contribution in [3.8, 4) is 11.5 Å². The number of amides is 3. The second-order valence-corrected chi connectivity index (χ2v) is 14.8.